The summed E-state index contributed by atoms with van der Waals surface area (Å²) >= 11 is 2.42. The van der Waals surface area contributed by atoms with Gasteiger partial charge < -0.3 is 5.32 Å². The van der Waals surface area contributed by atoms with Gasteiger partial charge in [-0.1, -0.05) is 43.3 Å². The van der Waals surface area contributed by atoms with Gasteiger partial charge in [-0.3, -0.25) is 0 Å². The van der Waals surface area contributed by atoms with Crippen LogP contribution in [0.2, 0.25) is 0 Å². The number of anilines is 1. The number of aryl methyl sites for hydroxylation is 1. The Hall–Kier alpha value is -1.82. The van der Waals surface area contributed by atoms with Crippen molar-refractivity contribution in [2.75, 3.05) is 11.9 Å². The van der Waals surface area contributed by atoms with Crippen molar-refractivity contribution in [1.29, 1.82) is 0 Å². The molecule has 0 bridgehead atoms. The number of nitrogens with one attached hydrogen (secondary N) is 1. The fraction of sp³-hybridized carbons (Fsp3) is 0.286. The molecule has 0 saturated heterocycles. The summed E-state index contributed by atoms with van der Waals surface area (Å²) in [6.45, 7) is 3.22. The maximum absolute atomic E-state index is 5.09. The van der Waals surface area contributed by atoms with Gasteiger partial charge in [0.05, 0.1) is 11.4 Å². The van der Waals surface area contributed by atoms with Gasteiger partial charge in [0.1, 0.15) is 5.82 Å². The van der Waals surface area contributed by atoms with E-state index in [1.807, 2.05) is 0 Å². The number of para-hydroxylation sites is 1. The maximum atomic E-state index is 5.09. The molecular formula is C21H22IN3. The van der Waals surface area contributed by atoms with Crippen molar-refractivity contribution in [3.63, 3.8) is 0 Å². The van der Waals surface area contributed by atoms with Gasteiger partial charge in [0.2, 0.25) is 0 Å². The van der Waals surface area contributed by atoms with Crippen LogP contribution >= 0.6 is 22.6 Å². The standard InChI is InChI=1S/C21H22IN3/c1-2-15-9-3-6-13-19(15)25-21-17(11-7-8-14-23-21)20(24-25)16-10-4-5-12-18(16)22/h3-6,9-10,12-13,23H,2,7-8,11,14H2,1H3. The predicted octanol–water partition coefficient (Wildman–Crippen LogP) is 5.45. The van der Waals surface area contributed by atoms with Gasteiger partial charge in [0.25, 0.3) is 0 Å². The first-order valence-corrected chi connectivity index (χ1v) is 10.1. The van der Waals surface area contributed by atoms with Gasteiger partial charge in [0.15, 0.2) is 0 Å². The molecule has 128 valence electrons. The van der Waals surface area contributed by atoms with E-state index in [-0.39, 0.29) is 0 Å². The Bertz CT molecular complexity index is 898. The quantitative estimate of drug-likeness (QED) is 0.546. The maximum Gasteiger partial charge on any atom is 0.133 e. The molecule has 2 aromatic carbocycles. The van der Waals surface area contributed by atoms with Crippen LogP contribution in [-0.2, 0) is 12.8 Å². The summed E-state index contributed by atoms with van der Waals surface area (Å²) in [5.41, 5.74) is 6.23. The molecule has 25 heavy (non-hydrogen) atoms. The van der Waals surface area contributed by atoms with Crippen molar-refractivity contribution >= 4 is 28.4 Å². The molecule has 0 spiro atoms. The van der Waals surface area contributed by atoms with Crippen LogP contribution in [0.4, 0.5) is 5.82 Å². The van der Waals surface area contributed by atoms with E-state index in [0.717, 1.165) is 25.1 Å². The van der Waals surface area contributed by atoms with Gasteiger partial charge in [-0.2, -0.15) is 5.10 Å². The van der Waals surface area contributed by atoms with Crippen LogP contribution in [0.5, 0.6) is 0 Å². The van der Waals surface area contributed by atoms with Crippen molar-refractivity contribution in [2.24, 2.45) is 0 Å². The molecule has 1 aliphatic heterocycles. The fourth-order valence-corrected chi connectivity index (χ4v) is 4.21. The van der Waals surface area contributed by atoms with Gasteiger partial charge in [-0.15, -0.1) is 0 Å². The lowest BCUT2D eigenvalue weighted by molar-refractivity contribution is 0.779. The Morgan fingerprint density at radius 3 is 2.72 bits per heavy atom. The highest BCUT2D eigenvalue weighted by molar-refractivity contribution is 14.1. The second kappa shape index (κ2) is 7.20. The molecule has 0 saturated carbocycles. The summed E-state index contributed by atoms with van der Waals surface area (Å²) in [4.78, 5) is 0. The number of benzene rings is 2. The van der Waals surface area contributed by atoms with Crippen LogP contribution in [-0.4, -0.2) is 16.3 Å². The van der Waals surface area contributed by atoms with E-state index in [9.17, 15) is 0 Å². The summed E-state index contributed by atoms with van der Waals surface area (Å²) in [7, 11) is 0. The average molecular weight is 443 g/mol. The Morgan fingerprint density at radius 1 is 1.08 bits per heavy atom. The number of hydrogen-bond donors (Lipinski definition) is 1. The van der Waals surface area contributed by atoms with Crippen molar-refractivity contribution in [1.82, 2.24) is 9.78 Å². The highest BCUT2D eigenvalue weighted by Gasteiger charge is 2.23. The van der Waals surface area contributed by atoms with Crippen LogP contribution < -0.4 is 5.32 Å². The topological polar surface area (TPSA) is 29.9 Å². The Labute approximate surface area is 162 Å². The van der Waals surface area contributed by atoms with Crippen molar-refractivity contribution in [3.8, 4) is 16.9 Å². The van der Waals surface area contributed by atoms with Crippen LogP contribution in [0.1, 0.15) is 30.9 Å². The number of nitrogens with zero attached hydrogens (tertiary/aromatic N) is 2. The van der Waals surface area contributed by atoms with Crippen LogP contribution in [0.3, 0.4) is 0 Å². The number of fused-ring (bicyclic) bond motifs is 1. The summed E-state index contributed by atoms with van der Waals surface area (Å²) in [6.07, 6.45) is 4.49. The first-order chi connectivity index (χ1) is 12.3. The molecule has 1 aromatic heterocycles. The number of aromatic nitrogens is 2. The van der Waals surface area contributed by atoms with E-state index in [1.54, 1.807) is 0 Å². The summed E-state index contributed by atoms with van der Waals surface area (Å²) in [5.74, 6) is 1.17. The third-order valence-electron chi connectivity index (χ3n) is 4.86. The molecule has 0 aliphatic carbocycles. The Balaban J connectivity index is 1.96. The lowest BCUT2D eigenvalue weighted by atomic mass is 10.0. The fourth-order valence-electron chi connectivity index (χ4n) is 3.56. The molecule has 0 atom stereocenters. The molecule has 1 aliphatic rings. The predicted molar refractivity (Wildman–Crippen MR) is 113 cm³/mol. The normalized spacial score (nSPS) is 13.8. The molecule has 0 unspecified atom stereocenters. The smallest absolute Gasteiger partial charge is 0.133 e. The first kappa shape index (κ1) is 16.6. The molecular weight excluding hydrogens is 421 g/mol. The molecule has 3 nitrogen and oxygen atoms in total. The average Bonchev–Trinajstić information content (AvgIpc) is 2.83. The first-order valence-electron chi connectivity index (χ1n) is 8.98. The number of halogens is 1. The van der Waals surface area contributed by atoms with E-state index < -0.39 is 0 Å². The lowest BCUT2D eigenvalue weighted by Crippen LogP contribution is -2.08. The van der Waals surface area contributed by atoms with Crippen molar-refractivity contribution in [3.05, 3.63) is 63.2 Å². The molecule has 4 rings (SSSR count). The third kappa shape index (κ3) is 3.08. The lowest BCUT2D eigenvalue weighted by Gasteiger charge is -2.12. The summed E-state index contributed by atoms with van der Waals surface area (Å²) in [6, 6.07) is 17.1. The van der Waals surface area contributed by atoms with Gasteiger partial charge >= 0.3 is 0 Å². The third-order valence-corrected chi connectivity index (χ3v) is 5.80. The Morgan fingerprint density at radius 2 is 1.88 bits per heavy atom. The van der Waals surface area contributed by atoms with E-state index in [2.05, 4.69) is 88.0 Å². The molecule has 4 heteroatoms. The minimum atomic E-state index is 1.00. The number of hydrogen-bond acceptors (Lipinski definition) is 2. The highest BCUT2D eigenvalue weighted by Crippen LogP contribution is 2.36. The molecule has 0 radical (unpaired) electrons. The molecule has 3 aromatic rings. The van der Waals surface area contributed by atoms with E-state index in [0.29, 0.717) is 0 Å². The van der Waals surface area contributed by atoms with Crippen molar-refractivity contribution < 1.29 is 0 Å². The SMILES string of the molecule is CCc1ccccc1-n1nc(-c2ccccc2I)c2c1NCCCC2. The number of rotatable bonds is 3. The second-order valence-electron chi connectivity index (χ2n) is 6.43. The minimum Gasteiger partial charge on any atom is -0.370 e. The monoisotopic (exact) mass is 443 g/mol. The van der Waals surface area contributed by atoms with Gasteiger partial charge in [0, 0.05) is 21.2 Å². The molecule has 1 N–H and O–H groups in total. The van der Waals surface area contributed by atoms with E-state index in [4.69, 9.17) is 5.10 Å². The zero-order valence-electron chi connectivity index (χ0n) is 14.4. The summed E-state index contributed by atoms with van der Waals surface area (Å²) < 4.78 is 3.39. The highest BCUT2D eigenvalue weighted by atomic mass is 127. The molecule has 0 amide bonds. The Kier molecular flexibility index (Phi) is 4.79. The van der Waals surface area contributed by atoms with Crippen LogP contribution in [0.25, 0.3) is 16.9 Å². The van der Waals surface area contributed by atoms with Gasteiger partial charge in [-0.05, 0) is 66.0 Å². The van der Waals surface area contributed by atoms with Gasteiger partial charge in [-0.25, -0.2) is 4.68 Å². The minimum absolute atomic E-state index is 1.00. The van der Waals surface area contributed by atoms with Crippen LogP contribution in [0, 0.1) is 3.57 Å². The molecule has 2 heterocycles. The van der Waals surface area contributed by atoms with Crippen molar-refractivity contribution in [2.45, 2.75) is 32.6 Å². The van der Waals surface area contributed by atoms with E-state index in [1.165, 1.54) is 44.6 Å². The largest absolute Gasteiger partial charge is 0.370 e. The summed E-state index contributed by atoms with van der Waals surface area (Å²) in [5, 5.41) is 8.74. The van der Waals surface area contributed by atoms with Crippen LogP contribution in [0.15, 0.2) is 48.5 Å². The second-order valence-corrected chi connectivity index (χ2v) is 7.60. The molecule has 0 fully saturated rings. The zero-order chi connectivity index (χ0) is 17.2. The van der Waals surface area contributed by atoms with E-state index >= 15 is 0 Å². The zero-order valence-corrected chi connectivity index (χ0v) is 16.6.